The number of rotatable bonds is 6. The minimum atomic E-state index is -0.701. The van der Waals surface area contributed by atoms with Crippen LogP contribution in [0.2, 0.25) is 0 Å². The predicted molar refractivity (Wildman–Crippen MR) is 72.2 cm³/mol. The van der Waals surface area contributed by atoms with Crippen LogP contribution in [0.4, 0.5) is 0 Å². The van der Waals surface area contributed by atoms with Gasteiger partial charge in [-0.1, -0.05) is 30.3 Å². The lowest BCUT2D eigenvalue weighted by molar-refractivity contribution is -0.133. The Morgan fingerprint density at radius 3 is 2.37 bits per heavy atom. The Labute approximate surface area is 113 Å². The number of hydrogen-bond acceptors (Lipinski definition) is 3. The molecule has 1 aromatic carbocycles. The first kappa shape index (κ1) is 15.2. The van der Waals surface area contributed by atoms with Gasteiger partial charge < -0.3 is 15.8 Å². The van der Waals surface area contributed by atoms with Crippen molar-refractivity contribution in [1.82, 2.24) is 5.32 Å². The van der Waals surface area contributed by atoms with E-state index in [1.807, 2.05) is 30.3 Å². The van der Waals surface area contributed by atoms with E-state index in [4.69, 9.17) is 10.5 Å². The van der Waals surface area contributed by atoms with E-state index >= 15 is 0 Å². The number of nitrogens with two attached hydrogens (primary N) is 1. The third-order valence-electron chi connectivity index (χ3n) is 2.65. The second-order valence-corrected chi connectivity index (χ2v) is 5.04. The molecule has 1 aromatic rings. The number of carbonyl (C=O) groups is 2. The molecular weight excluding hydrogens is 244 g/mol. The molecule has 0 aliphatic rings. The number of primary amides is 1. The molecule has 0 fully saturated rings. The van der Waals surface area contributed by atoms with Gasteiger partial charge >= 0.3 is 0 Å². The van der Waals surface area contributed by atoms with Gasteiger partial charge in [0.1, 0.15) is 0 Å². The Morgan fingerprint density at radius 2 is 1.89 bits per heavy atom. The van der Waals surface area contributed by atoms with Gasteiger partial charge in [-0.15, -0.1) is 0 Å². The van der Waals surface area contributed by atoms with E-state index < -0.39 is 17.6 Å². The number of nitrogens with one attached hydrogen (secondary N) is 1. The molecule has 0 aliphatic heterocycles. The van der Waals surface area contributed by atoms with Gasteiger partial charge in [0.05, 0.1) is 0 Å². The molecular formula is C14H20N2O3. The summed E-state index contributed by atoms with van der Waals surface area (Å²) in [4.78, 5) is 23.1. The van der Waals surface area contributed by atoms with Crippen molar-refractivity contribution in [3.63, 3.8) is 0 Å². The van der Waals surface area contributed by atoms with Crippen LogP contribution < -0.4 is 11.1 Å². The molecule has 5 heteroatoms. The van der Waals surface area contributed by atoms with Gasteiger partial charge in [-0.25, -0.2) is 0 Å². The Morgan fingerprint density at radius 1 is 1.32 bits per heavy atom. The molecule has 0 spiro atoms. The second kappa shape index (κ2) is 6.33. The smallest absolute Gasteiger partial charge is 0.254 e. The number of amides is 2. The van der Waals surface area contributed by atoms with Crippen molar-refractivity contribution in [2.24, 2.45) is 5.73 Å². The highest BCUT2D eigenvalue weighted by Crippen LogP contribution is 2.18. The lowest BCUT2D eigenvalue weighted by Gasteiger charge is -2.27. The number of hydrogen-bond donors (Lipinski definition) is 2. The van der Waals surface area contributed by atoms with Crippen LogP contribution >= 0.6 is 0 Å². The maximum Gasteiger partial charge on any atom is 0.254 e. The Balaban J connectivity index is 2.78. The summed E-state index contributed by atoms with van der Waals surface area (Å²) in [6.45, 7) is 3.49. The zero-order valence-electron chi connectivity index (χ0n) is 11.5. The quantitative estimate of drug-likeness (QED) is 0.808. The number of methoxy groups -OCH3 is 1. The molecule has 5 nitrogen and oxygen atoms in total. The summed E-state index contributed by atoms with van der Waals surface area (Å²) in [6, 6.07) is 9.17. The molecule has 0 saturated carbocycles. The molecule has 0 saturated heterocycles. The van der Waals surface area contributed by atoms with Gasteiger partial charge in [-0.2, -0.15) is 0 Å². The molecule has 1 unspecified atom stereocenters. The van der Waals surface area contributed by atoms with Crippen LogP contribution in [0.25, 0.3) is 0 Å². The van der Waals surface area contributed by atoms with Crippen LogP contribution in [0, 0.1) is 0 Å². The van der Waals surface area contributed by atoms with Crippen molar-refractivity contribution in [3.8, 4) is 0 Å². The van der Waals surface area contributed by atoms with E-state index in [9.17, 15) is 9.59 Å². The predicted octanol–water partition coefficient (Wildman–Crippen LogP) is 1.14. The second-order valence-electron chi connectivity index (χ2n) is 5.04. The first-order valence-electron chi connectivity index (χ1n) is 6.04. The largest absolute Gasteiger partial charge is 0.370 e. The fourth-order valence-corrected chi connectivity index (χ4v) is 1.90. The Kier molecular flexibility index (Phi) is 5.06. The highest BCUT2D eigenvalue weighted by molar-refractivity contribution is 5.84. The summed E-state index contributed by atoms with van der Waals surface area (Å²) >= 11 is 0. The van der Waals surface area contributed by atoms with Crippen LogP contribution in [-0.2, 0) is 14.3 Å². The minimum absolute atomic E-state index is 0.0734. The molecule has 0 heterocycles. The van der Waals surface area contributed by atoms with E-state index in [0.717, 1.165) is 5.56 Å². The highest BCUT2D eigenvalue weighted by Gasteiger charge is 2.28. The first-order chi connectivity index (χ1) is 8.85. The summed E-state index contributed by atoms with van der Waals surface area (Å²) in [6.07, 6.45) is -0.627. The third-order valence-corrected chi connectivity index (χ3v) is 2.65. The van der Waals surface area contributed by atoms with Gasteiger partial charge in [0, 0.05) is 19.1 Å². The first-order valence-corrected chi connectivity index (χ1v) is 6.04. The lowest BCUT2D eigenvalue weighted by Crippen LogP contribution is -2.48. The number of ether oxygens (including phenoxy) is 1. The number of carbonyl (C=O) groups excluding carboxylic acids is 2. The van der Waals surface area contributed by atoms with Crippen molar-refractivity contribution in [3.05, 3.63) is 35.9 Å². The van der Waals surface area contributed by atoms with E-state index in [1.165, 1.54) is 7.11 Å². The molecule has 1 atom stereocenters. The molecule has 3 N–H and O–H groups in total. The van der Waals surface area contributed by atoms with Crippen molar-refractivity contribution >= 4 is 11.8 Å². The van der Waals surface area contributed by atoms with Gasteiger partial charge in [-0.3, -0.25) is 9.59 Å². The summed E-state index contributed by atoms with van der Waals surface area (Å²) < 4.78 is 5.22. The molecule has 0 radical (unpaired) electrons. The van der Waals surface area contributed by atoms with Gasteiger partial charge in [0.25, 0.3) is 5.91 Å². The van der Waals surface area contributed by atoms with Crippen LogP contribution in [0.15, 0.2) is 30.3 Å². The van der Waals surface area contributed by atoms with Gasteiger partial charge in [0.2, 0.25) is 5.91 Å². The maximum atomic E-state index is 12.2. The minimum Gasteiger partial charge on any atom is -0.370 e. The fraction of sp³-hybridized carbons (Fsp3) is 0.429. The molecule has 19 heavy (non-hydrogen) atoms. The zero-order chi connectivity index (χ0) is 14.5. The van der Waals surface area contributed by atoms with Crippen LogP contribution in [0.3, 0.4) is 0 Å². The Hall–Kier alpha value is -1.88. The van der Waals surface area contributed by atoms with Gasteiger partial charge in [0.15, 0.2) is 6.10 Å². The summed E-state index contributed by atoms with van der Waals surface area (Å²) in [7, 11) is 1.47. The standard InChI is InChI=1S/C14H20N2O3/c1-14(2,9-11(15)17)16-13(18)12(19-3)10-7-5-4-6-8-10/h4-8,12H,9H2,1-3H3,(H2,15,17)(H,16,18). The molecule has 1 rings (SSSR count). The molecule has 0 aliphatic carbocycles. The fourth-order valence-electron chi connectivity index (χ4n) is 1.90. The van der Waals surface area contributed by atoms with Crippen LogP contribution in [0.5, 0.6) is 0 Å². The molecule has 0 bridgehead atoms. The summed E-state index contributed by atoms with van der Waals surface area (Å²) in [5.41, 5.74) is 5.21. The molecule has 104 valence electrons. The van der Waals surface area contributed by atoms with Crippen LogP contribution in [0.1, 0.15) is 31.9 Å². The van der Waals surface area contributed by atoms with Gasteiger partial charge in [-0.05, 0) is 19.4 Å². The summed E-state index contributed by atoms with van der Waals surface area (Å²) in [5.74, 6) is -0.751. The molecule has 2 amide bonds. The monoisotopic (exact) mass is 264 g/mol. The SMILES string of the molecule is COC(C(=O)NC(C)(C)CC(N)=O)c1ccccc1. The normalized spacial score (nSPS) is 12.8. The maximum absolute atomic E-state index is 12.2. The zero-order valence-corrected chi connectivity index (χ0v) is 11.5. The third kappa shape index (κ3) is 4.71. The van der Waals surface area contributed by atoms with Crippen LogP contribution in [-0.4, -0.2) is 24.5 Å². The Bertz CT molecular complexity index is 443. The number of benzene rings is 1. The van der Waals surface area contributed by atoms with Crippen molar-refractivity contribution < 1.29 is 14.3 Å². The molecule has 0 aromatic heterocycles. The topological polar surface area (TPSA) is 81.4 Å². The average Bonchev–Trinajstić information content (AvgIpc) is 2.28. The van der Waals surface area contributed by atoms with Crippen molar-refractivity contribution in [2.75, 3.05) is 7.11 Å². The van der Waals surface area contributed by atoms with E-state index in [1.54, 1.807) is 13.8 Å². The van der Waals surface area contributed by atoms with Crippen molar-refractivity contribution in [2.45, 2.75) is 31.9 Å². The van der Waals surface area contributed by atoms with E-state index in [0.29, 0.717) is 0 Å². The highest BCUT2D eigenvalue weighted by atomic mass is 16.5. The average molecular weight is 264 g/mol. The van der Waals surface area contributed by atoms with E-state index in [-0.39, 0.29) is 12.3 Å². The van der Waals surface area contributed by atoms with E-state index in [2.05, 4.69) is 5.32 Å². The summed E-state index contributed by atoms with van der Waals surface area (Å²) in [5, 5.41) is 2.77. The van der Waals surface area contributed by atoms with Crippen molar-refractivity contribution in [1.29, 1.82) is 0 Å². The lowest BCUT2D eigenvalue weighted by atomic mass is 9.99.